The van der Waals surface area contributed by atoms with E-state index in [1.54, 1.807) is 17.0 Å². The zero-order valence-corrected chi connectivity index (χ0v) is 19.9. The number of benzene rings is 1. The minimum Gasteiger partial charge on any atom is -0.356 e. The van der Waals surface area contributed by atoms with Crippen molar-refractivity contribution in [3.63, 3.8) is 0 Å². The predicted molar refractivity (Wildman–Crippen MR) is 125 cm³/mol. The molecule has 2 heterocycles. The van der Waals surface area contributed by atoms with Crippen molar-refractivity contribution in [3.05, 3.63) is 33.8 Å². The molecule has 3 fully saturated rings. The lowest BCUT2D eigenvalue weighted by atomic mass is 9.92. The highest BCUT2D eigenvalue weighted by atomic mass is 35.5. The number of fused-ring (bicyclic) bond motifs is 1. The average molecular weight is 494 g/mol. The third kappa shape index (κ3) is 5.35. The fourth-order valence-electron chi connectivity index (χ4n) is 5.60. The zero-order chi connectivity index (χ0) is 23.5. The maximum atomic E-state index is 13.3. The van der Waals surface area contributed by atoms with Gasteiger partial charge in [-0.2, -0.15) is 0 Å². The van der Waals surface area contributed by atoms with Crippen LogP contribution in [0.3, 0.4) is 0 Å². The molecule has 0 spiro atoms. The third-order valence-electron chi connectivity index (χ3n) is 7.30. The summed E-state index contributed by atoms with van der Waals surface area (Å²) in [6, 6.07) is 3.90. The number of nitrogens with one attached hydrogen (secondary N) is 2. The first-order valence-corrected chi connectivity index (χ1v) is 12.4. The molecule has 5 atom stereocenters. The lowest BCUT2D eigenvalue weighted by Gasteiger charge is -2.28. The van der Waals surface area contributed by atoms with Gasteiger partial charge >= 0.3 is 0 Å². The van der Waals surface area contributed by atoms with Crippen molar-refractivity contribution in [2.75, 3.05) is 13.1 Å². The van der Waals surface area contributed by atoms with Gasteiger partial charge in [0.2, 0.25) is 17.7 Å². The Morgan fingerprint density at radius 1 is 1.24 bits per heavy atom. The van der Waals surface area contributed by atoms with Crippen LogP contribution in [0.2, 0.25) is 10.0 Å². The summed E-state index contributed by atoms with van der Waals surface area (Å²) < 4.78 is 0. The van der Waals surface area contributed by atoms with Crippen LogP contribution in [-0.2, 0) is 25.6 Å². The Balaban J connectivity index is 1.42. The fourth-order valence-corrected chi connectivity index (χ4v) is 6.10. The molecule has 1 saturated carbocycles. The third-order valence-corrected chi connectivity index (χ3v) is 7.88. The van der Waals surface area contributed by atoms with E-state index in [9.17, 15) is 19.2 Å². The van der Waals surface area contributed by atoms with Gasteiger partial charge < -0.3 is 20.3 Å². The topological polar surface area (TPSA) is 95.6 Å². The Labute approximate surface area is 203 Å². The molecular weight excluding hydrogens is 465 g/mol. The molecule has 2 N–H and O–H groups in total. The molecule has 1 aliphatic carbocycles. The lowest BCUT2D eigenvalue weighted by molar-refractivity contribution is -0.140. The minimum atomic E-state index is -0.739. The molecule has 2 saturated heterocycles. The van der Waals surface area contributed by atoms with Gasteiger partial charge in [0.1, 0.15) is 12.3 Å². The summed E-state index contributed by atoms with van der Waals surface area (Å²) in [5, 5.41) is 6.64. The second-order valence-corrected chi connectivity index (χ2v) is 10.2. The monoisotopic (exact) mass is 493 g/mol. The van der Waals surface area contributed by atoms with Crippen LogP contribution in [0.15, 0.2) is 18.2 Å². The van der Waals surface area contributed by atoms with Crippen molar-refractivity contribution >= 4 is 47.2 Å². The van der Waals surface area contributed by atoms with Crippen LogP contribution in [0.5, 0.6) is 0 Å². The normalized spacial score (nSPS) is 27.2. The summed E-state index contributed by atoms with van der Waals surface area (Å²) in [5.41, 5.74) is 0.839. The number of likely N-dealkylation sites (tertiary alicyclic amines) is 1. The van der Waals surface area contributed by atoms with E-state index in [4.69, 9.17) is 23.2 Å². The van der Waals surface area contributed by atoms with Gasteiger partial charge in [-0.25, -0.2) is 0 Å². The summed E-state index contributed by atoms with van der Waals surface area (Å²) in [4.78, 5) is 51.7. The largest absolute Gasteiger partial charge is 0.356 e. The Hall–Kier alpha value is -2.12. The molecule has 1 aromatic carbocycles. The molecule has 3 amide bonds. The number of carbonyl (C=O) groups is 4. The van der Waals surface area contributed by atoms with Crippen LogP contribution in [0.4, 0.5) is 0 Å². The molecule has 2 aliphatic heterocycles. The van der Waals surface area contributed by atoms with Gasteiger partial charge in [-0.15, -0.1) is 0 Å². The highest BCUT2D eigenvalue weighted by Crippen LogP contribution is 2.42. The Kier molecular flexibility index (Phi) is 7.59. The number of aryl methyl sites for hydroxylation is 1. The van der Waals surface area contributed by atoms with Crippen LogP contribution in [0.25, 0.3) is 0 Å². The molecule has 178 valence electrons. The summed E-state index contributed by atoms with van der Waals surface area (Å²) in [7, 11) is 0. The highest BCUT2D eigenvalue weighted by Gasteiger charge is 2.49. The first-order chi connectivity index (χ1) is 15.9. The number of aldehydes is 1. The molecule has 33 heavy (non-hydrogen) atoms. The maximum absolute atomic E-state index is 13.3. The molecule has 0 aromatic heterocycles. The van der Waals surface area contributed by atoms with Crippen LogP contribution in [-0.4, -0.2) is 54.1 Å². The minimum absolute atomic E-state index is 0.0783. The van der Waals surface area contributed by atoms with Crippen molar-refractivity contribution in [3.8, 4) is 0 Å². The Morgan fingerprint density at radius 2 is 2.06 bits per heavy atom. The molecule has 1 aromatic rings. The maximum Gasteiger partial charge on any atom is 0.243 e. The SMILES string of the molecule is O=C[C@H](C[C@@H]1CCNC1=O)NC(=O)C1[C@@H]2CCC[C@H]2CN1C(=O)CCc1ccc(Cl)cc1Cl. The molecular formula is C24H29Cl2N3O4. The molecule has 9 heteroatoms. The first kappa shape index (κ1) is 24.0. The number of hydrogen-bond donors (Lipinski definition) is 2. The van der Waals surface area contributed by atoms with E-state index in [2.05, 4.69) is 10.6 Å². The van der Waals surface area contributed by atoms with E-state index < -0.39 is 12.1 Å². The zero-order valence-electron chi connectivity index (χ0n) is 18.4. The first-order valence-electron chi connectivity index (χ1n) is 11.6. The molecule has 0 radical (unpaired) electrons. The van der Waals surface area contributed by atoms with Crippen LogP contribution in [0.1, 0.15) is 44.1 Å². The molecule has 1 unspecified atom stereocenters. The van der Waals surface area contributed by atoms with Gasteiger partial charge in [-0.3, -0.25) is 14.4 Å². The van der Waals surface area contributed by atoms with Crippen LogP contribution < -0.4 is 10.6 Å². The van der Waals surface area contributed by atoms with Crippen LogP contribution in [0, 0.1) is 17.8 Å². The summed E-state index contributed by atoms with van der Waals surface area (Å²) in [6.07, 6.45) is 5.27. The van der Waals surface area contributed by atoms with Gasteiger partial charge in [-0.1, -0.05) is 35.7 Å². The number of hydrogen-bond acceptors (Lipinski definition) is 4. The quantitative estimate of drug-likeness (QED) is 0.544. The number of amides is 3. The lowest BCUT2D eigenvalue weighted by Crippen LogP contribution is -2.52. The van der Waals surface area contributed by atoms with Crippen molar-refractivity contribution in [2.24, 2.45) is 17.8 Å². The van der Waals surface area contributed by atoms with Crippen LogP contribution >= 0.6 is 23.2 Å². The average Bonchev–Trinajstić information content (AvgIpc) is 3.48. The van der Waals surface area contributed by atoms with E-state index in [-0.39, 0.29) is 42.4 Å². The van der Waals surface area contributed by atoms with Gasteiger partial charge in [0.25, 0.3) is 0 Å². The summed E-state index contributed by atoms with van der Waals surface area (Å²) >= 11 is 12.2. The van der Waals surface area contributed by atoms with Crippen molar-refractivity contribution in [1.29, 1.82) is 0 Å². The second-order valence-electron chi connectivity index (χ2n) is 9.34. The van der Waals surface area contributed by atoms with Gasteiger partial charge in [0, 0.05) is 35.5 Å². The number of carbonyl (C=O) groups excluding carboxylic acids is 4. The van der Waals surface area contributed by atoms with Gasteiger partial charge in [0.15, 0.2) is 0 Å². The van der Waals surface area contributed by atoms with Crippen molar-refractivity contribution < 1.29 is 19.2 Å². The fraction of sp³-hybridized carbons (Fsp3) is 0.583. The Morgan fingerprint density at radius 3 is 2.76 bits per heavy atom. The molecule has 0 bridgehead atoms. The summed E-state index contributed by atoms with van der Waals surface area (Å²) in [6.45, 7) is 1.15. The van der Waals surface area contributed by atoms with Crippen molar-refractivity contribution in [2.45, 2.75) is 57.0 Å². The van der Waals surface area contributed by atoms with E-state index in [0.717, 1.165) is 24.8 Å². The van der Waals surface area contributed by atoms with E-state index >= 15 is 0 Å². The number of halogens is 2. The van der Waals surface area contributed by atoms with E-state index in [1.807, 2.05) is 6.07 Å². The predicted octanol–water partition coefficient (Wildman–Crippen LogP) is 2.76. The highest BCUT2D eigenvalue weighted by molar-refractivity contribution is 6.35. The standard InChI is InChI=1S/C24H29Cl2N3O4/c25-17-6-4-14(20(26)11-17)5-7-21(31)29-12-16-2-1-3-19(16)22(29)24(33)28-18(13-30)10-15-8-9-27-23(15)32/h4,6,11,13,15-16,18-19,22H,1-3,5,7-10,12H2,(H,27,32)(H,28,33)/t15-,16-,18-,19+,22?/m0/s1. The second kappa shape index (κ2) is 10.4. The molecule has 7 nitrogen and oxygen atoms in total. The van der Waals surface area contributed by atoms with E-state index in [0.29, 0.717) is 48.2 Å². The van der Waals surface area contributed by atoms with E-state index in [1.165, 1.54) is 0 Å². The molecule has 4 rings (SSSR count). The summed E-state index contributed by atoms with van der Waals surface area (Å²) in [5.74, 6) is -0.323. The van der Waals surface area contributed by atoms with Gasteiger partial charge in [0.05, 0.1) is 6.04 Å². The number of nitrogens with zero attached hydrogens (tertiary/aromatic N) is 1. The smallest absolute Gasteiger partial charge is 0.243 e. The van der Waals surface area contributed by atoms with Crippen molar-refractivity contribution in [1.82, 2.24) is 15.5 Å². The number of rotatable bonds is 8. The van der Waals surface area contributed by atoms with Gasteiger partial charge in [-0.05, 0) is 61.6 Å². The Bertz CT molecular complexity index is 940. The molecule has 3 aliphatic rings.